The van der Waals surface area contributed by atoms with Gasteiger partial charge in [-0.15, -0.1) is 0 Å². The highest BCUT2D eigenvalue weighted by atomic mass is 19.1. The van der Waals surface area contributed by atoms with Gasteiger partial charge in [0.25, 0.3) is 0 Å². The van der Waals surface area contributed by atoms with E-state index in [0.29, 0.717) is 0 Å². The lowest BCUT2D eigenvalue weighted by Crippen LogP contribution is -2.08. The predicted octanol–water partition coefficient (Wildman–Crippen LogP) is 1.63. The molecule has 60 valence electrons. The highest BCUT2D eigenvalue weighted by Gasteiger charge is 2.02. The van der Waals surface area contributed by atoms with E-state index in [1.54, 1.807) is 6.07 Å². The third-order valence-corrected chi connectivity index (χ3v) is 1.62. The molecule has 0 saturated carbocycles. The topological polar surface area (TPSA) is 38.9 Å². The number of aromatic nitrogens is 1. The SMILES string of the molecule is CC[C@H](N)c1ccc(F)nc1. The lowest BCUT2D eigenvalue weighted by atomic mass is 10.1. The van der Waals surface area contributed by atoms with Crippen LogP contribution in [0, 0.1) is 5.95 Å². The lowest BCUT2D eigenvalue weighted by Gasteiger charge is -2.06. The van der Waals surface area contributed by atoms with E-state index in [9.17, 15) is 4.39 Å². The van der Waals surface area contributed by atoms with Crippen LogP contribution in [0.25, 0.3) is 0 Å². The fourth-order valence-electron chi connectivity index (χ4n) is 0.842. The molecule has 0 fully saturated rings. The highest BCUT2D eigenvalue weighted by Crippen LogP contribution is 2.11. The molecule has 3 heteroatoms. The van der Waals surface area contributed by atoms with Crippen LogP contribution in [0.1, 0.15) is 24.9 Å². The molecule has 0 unspecified atom stereocenters. The van der Waals surface area contributed by atoms with Gasteiger partial charge in [0.1, 0.15) is 0 Å². The molecule has 0 aromatic carbocycles. The van der Waals surface area contributed by atoms with Gasteiger partial charge in [0.2, 0.25) is 5.95 Å². The Morgan fingerprint density at radius 1 is 1.64 bits per heavy atom. The van der Waals surface area contributed by atoms with Crippen molar-refractivity contribution in [2.75, 3.05) is 0 Å². The van der Waals surface area contributed by atoms with Gasteiger partial charge >= 0.3 is 0 Å². The van der Waals surface area contributed by atoms with Crippen molar-refractivity contribution in [3.63, 3.8) is 0 Å². The Morgan fingerprint density at radius 3 is 2.82 bits per heavy atom. The number of nitrogens with zero attached hydrogens (tertiary/aromatic N) is 1. The summed E-state index contributed by atoms with van der Waals surface area (Å²) in [7, 11) is 0. The van der Waals surface area contributed by atoms with Crippen molar-refractivity contribution in [1.29, 1.82) is 0 Å². The first-order valence-corrected chi connectivity index (χ1v) is 3.61. The standard InChI is InChI=1S/C8H11FN2/c1-2-7(10)6-3-4-8(9)11-5-6/h3-5,7H,2,10H2,1H3/t7-/m0/s1. The van der Waals surface area contributed by atoms with Gasteiger partial charge < -0.3 is 5.73 Å². The van der Waals surface area contributed by atoms with E-state index in [1.165, 1.54) is 12.3 Å². The maximum Gasteiger partial charge on any atom is 0.212 e. The Kier molecular flexibility index (Phi) is 2.54. The molecular weight excluding hydrogens is 143 g/mol. The van der Waals surface area contributed by atoms with Gasteiger partial charge in [-0.05, 0) is 18.1 Å². The summed E-state index contributed by atoms with van der Waals surface area (Å²) in [4.78, 5) is 3.50. The molecule has 0 bridgehead atoms. The first-order chi connectivity index (χ1) is 5.24. The average molecular weight is 154 g/mol. The van der Waals surface area contributed by atoms with Crippen LogP contribution in [0.15, 0.2) is 18.3 Å². The first-order valence-electron chi connectivity index (χ1n) is 3.61. The molecule has 2 nitrogen and oxygen atoms in total. The fraction of sp³-hybridized carbons (Fsp3) is 0.375. The van der Waals surface area contributed by atoms with Crippen LogP contribution < -0.4 is 5.73 Å². The highest BCUT2D eigenvalue weighted by molar-refractivity contribution is 5.13. The largest absolute Gasteiger partial charge is 0.324 e. The third kappa shape index (κ3) is 1.98. The summed E-state index contributed by atoms with van der Waals surface area (Å²) >= 11 is 0. The van der Waals surface area contributed by atoms with Crippen LogP contribution >= 0.6 is 0 Å². The average Bonchev–Trinajstić information content (AvgIpc) is 2.05. The Morgan fingerprint density at radius 2 is 2.36 bits per heavy atom. The fourth-order valence-corrected chi connectivity index (χ4v) is 0.842. The zero-order chi connectivity index (χ0) is 8.27. The molecule has 1 aromatic rings. The van der Waals surface area contributed by atoms with E-state index in [-0.39, 0.29) is 6.04 Å². The van der Waals surface area contributed by atoms with Gasteiger partial charge in [0.15, 0.2) is 0 Å². The number of nitrogens with two attached hydrogens (primary N) is 1. The molecule has 1 heterocycles. The van der Waals surface area contributed by atoms with Crippen molar-refractivity contribution in [2.45, 2.75) is 19.4 Å². The van der Waals surface area contributed by atoms with Crippen molar-refractivity contribution in [1.82, 2.24) is 4.98 Å². The normalized spacial score (nSPS) is 13.0. The molecular formula is C8H11FN2. The van der Waals surface area contributed by atoms with Crippen LogP contribution in [-0.4, -0.2) is 4.98 Å². The van der Waals surface area contributed by atoms with Gasteiger partial charge in [-0.1, -0.05) is 13.0 Å². The van der Waals surface area contributed by atoms with Gasteiger partial charge in [0, 0.05) is 12.2 Å². The van der Waals surface area contributed by atoms with Crippen LogP contribution in [0.4, 0.5) is 4.39 Å². The lowest BCUT2D eigenvalue weighted by molar-refractivity contribution is 0.578. The number of hydrogen-bond donors (Lipinski definition) is 1. The second kappa shape index (κ2) is 3.44. The molecule has 0 spiro atoms. The number of hydrogen-bond acceptors (Lipinski definition) is 2. The molecule has 1 atom stereocenters. The van der Waals surface area contributed by atoms with Crippen molar-refractivity contribution >= 4 is 0 Å². The Hall–Kier alpha value is -0.960. The van der Waals surface area contributed by atoms with Crippen LogP contribution in [0.5, 0.6) is 0 Å². The molecule has 0 radical (unpaired) electrons. The zero-order valence-corrected chi connectivity index (χ0v) is 6.42. The van der Waals surface area contributed by atoms with E-state index in [4.69, 9.17) is 5.73 Å². The van der Waals surface area contributed by atoms with Crippen molar-refractivity contribution in [3.8, 4) is 0 Å². The van der Waals surface area contributed by atoms with Crippen molar-refractivity contribution in [3.05, 3.63) is 29.8 Å². The van der Waals surface area contributed by atoms with E-state index >= 15 is 0 Å². The summed E-state index contributed by atoms with van der Waals surface area (Å²) in [6, 6.07) is 2.96. The van der Waals surface area contributed by atoms with Crippen LogP contribution in [0.3, 0.4) is 0 Å². The second-order valence-electron chi connectivity index (χ2n) is 2.43. The summed E-state index contributed by atoms with van der Waals surface area (Å²) in [5.41, 5.74) is 6.57. The number of pyridine rings is 1. The molecule has 0 aliphatic rings. The molecule has 11 heavy (non-hydrogen) atoms. The molecule has 0 aliphatic heterocycles. The Bertz CT molecular complexity index is 220. The van der Waals surface area contributed by atoms with E-state index < -0.39 is 5.95 Å². The first kappa shape index (κ1) is 8.14. The Labute approximate surface area is 65.3 Å². The smallest absolute Gasteiger partial charge is 0.212 e. The number of halogens is 1. The summed E-state index contributed by atoms with van der Waals surface area (Å²) in [5, 5.41) is 0. The minimum Gasteiger partial charge on any atom is -0.324 e. The molecule has 1 aromatic heterocycles. The van der Waals surface area contributed by atoms with E-state index in [2.05, 4.69) is 4.98 Å². The van der Waals surface area contributed by atoms with E-state index in [1.807, 2.05) is 6.92 Å². The molecule has 0 saturated heterocycles. The number of rotatable bonds is 2. The maximum absolute atomic E-state index is 12.3. The zero-order valence-electron chi connectivity index (χ0n) is 6.42. The maximum atomic E-state index is 12.3. The summed E-state index contributed by atoms with van der Waals surface area (Å²) in [5.74, 6) is -0.461. The second-order valence-corrected chi connectivity index (χ2v) is 2.43. The third-order valence-electron chi connectivity index (χ3n) is 1.62. The monoisotopic (exact) mass is 154 g/mol. The van der Waals surface area contributed by atoms with Crippen LogP contribution in [0.2, 0.25) is 0 Å². The van der Waals surface area contributed by atoms with Gasteiger partial charge in [-0.3, -0.25) is 0 Å². The quantitative estimate of drug-likeness (QED) is 0.657. The van der Waals surface area contributed by atoms with Gasteiger partial charge in [-0.25, -0.2) is 4.98 Å². The van der Waals surface area contributed by atoms with Crippen molar-refractivity contribution < 1.29 is 4.39 Å². The molecule has 2 N–H and O–H groups in total. The minimum atomic E-state index is -0.461. The van der Waals surface area contributed by atoms with Gasteiger partial charge in [-0.2, -0.15) is 4.39 Å². The van der Waals surface area contributed by atoms with Gasteiger partial charge in [0.05, 0.1) is 0 Å². The molecule has 0 amide bonds. The summed E-state index contributed by atoms with van der Waals surface area (Å²) in [6.07, 6.45) is 2.32. The molecule has 0 aliphatic carbocycles. The van der Waals surface area contributed by atoms with Crippen LogP contribution in [-0.2, 0) is 0 Å². The molecule has 1 rings (SSSR count). The predicted molar refractivity (Wildman–Crippen MR) is 41.4 cm³/mol. The Balaban J connectivity index is 2.81. The summed E-state index contributed by atoms with van der Waals surface area (Å²) in [6.45, 7) is 1.98. The minimum absolute atomic E-state index is 0.0249. The van der Waals surface area contributed by atoms with Crippen molar-refractivity contribution in [2.24, 2.45) is 5.73 Å². The summed E-state index contributed by atoms with van der Waals surface area (Å²) < 4.78 is 12.3. The van der Waals surface area contributed by atoms with E-state index in [0.717, 1.165) is 12.0 Å².